The molecule has 8 nitrogen and oxygen atoms in total. The first kappa shape index (κ1) is 25.0. The minimum absolute atomic E-state index is 0.106. The van der Waals surface area contributed by atoms with Gasteiger partial charge in [-0.2, -0.15) is 5.26 Å². The topological polar surface area (TPSA) is 118 Å². The van der Waals surface area contributed by atoms with E-state index in [9.17, 15) is 14.9 Å². The molecule has 0 aliphatic carbocycles. The number of nitrogens with two attached hydrogens (primary N) is 1. The summed E-state index contributed by atoms with van der Waals surface area (Å²) < 4.78 is 11.0. The number of nitriles is 1. The Balaban J connectivity index is 3.07. The number of carbonyl (C=O) groups excluding carboxylic acids is 2. The first-order valence-corrected chi connectivity index (χ1v) is 9.88. The van der Waals surface area contributed by atoms with Crippen molar-refractivity contribution in [2.75, 3.05) is 19.7 Å². The second-order valence-electron chi connectivity index (χ2n) is 7.79. The zero-order valence-corrected chi connectivity index (χ0v) is 18.6. The smallest absolute Gasteiger partial charge is 0.414 e. The lowest BCUT2D eigenvalue weighted by molar-refractivity contribution is -0.117. The van der Waals surface area contributed by atoms with E-state index in [0.29, 0.717) is 12.4 Å². The van der Waals surface area contributed by atoms with Crippen LogP contribution in [0, 0.1) is 18.3 Å². The van der Waals surface area contributed by atoms with Crippen LogP contribution in [0.15, 0.2) is 30.0 Å². The van der Waals surface area contributed by atoms with Crippen LogP contribution in [0.25, 0.3) is 0 Å². The van der Waals surface area contributed by atoms with Crippen molar-refractivity contribution in [3.05, 3.63) is 41.1 Å². The molecule has 0 radical (unpaired) electrons. The molecule has 8 heteroatoms. The maximum atomic E-state index is 12.7. The van der Waals surface area contributed by atoms with Gasteiger partial charge in [0.25, 0.3) is 5.91 Å². The number of carbonyl (C=O) groups is 2. The van der Waals surface area contributed by atoms with Crippen molar-refractivity contribution >= 4 is 12.0 Å². The minimum Gasteiger partial charge on any atom is -0.494 e. The van der Waals surface area contributed by atoms with Gasteiger partial charge >= 0.3 is 6.09 Å². The molecule has 0 spiro atoms. The molecule has 0 aromatic heterocycles. The van der Waals surface area contributed by atoms with Crippen LogP contribution in [0.4, 0.5) is 4.79 Å². The molecular formula is C22H32N4O4. The van der Waals surface area contributed by atoms with Crippen molar-refractivity contribution < 1.29 is 19.1 Å². The second-order valence-corrected chi connectivity index (χ2v) is 7.79. The Morgan fingerprint density at radius 3 is 2.57 bits per heavy atom. The van der Waals surface area contributed by atoms with Crippen LogP contribution >= 0.6 is 0 Å². The van der Waals surface area contributed by atoms with E-state index in [0.717, 1.165) is 16.0 Å². The third kappa shape index (κ3) is 7.76. The van der Waals surface area contributed by atoms with Crippen molar-refractivity contribution in [3.63, 3.8) is 0 Å². The summed E-state index contributed by atoms with van der Waals surface area (Å²) in [5, 5.41) is 12.3. The highest BCUT2D eigenvalue weighted by atomic mass is 16.6. The Labute approximate surface area is 178 Å². The number of nitrogens with zero attached hydrogens (tertiary/aromatic N) is 2. The fourth-order valence-electron chi connectivity index (χ4n) is 2.61. The van der Waals surface area contributed by atoms with E-state index >= 15 is 0 Å². The molecule has 1 aromatic carbocycles. The minimum atomic E-state index is -0.720. The SMILES string of the molecule is CCOc1ccc(C)cc1C(C)NC(=O)/C(C#N)=C\N(CCN)C(=O)OC(C)(C)C. The number of ether oxygens (including phenoxy) is 2. The summed E-state index contributed by atoms with van der Waals surface area (Å²) in [4.78, 5) is 26.2. The third-order valence-electron chi connectivity index (χ3n) is 3.93. The number of rotatable bonds is 8. The van der Waals surface area contributed by atoms with Gasteiger partial charge in [0.15, 0.2) is 0 Å². The van der Waals surface area contributed by atoms with Gasteiger partial charge in [0.2, 0.25) is 0 Å². The van der Waals surface area contributed by atoms with E-state index in [1.165, 1.54) is 6.20 Å². The van der Waals surface area contributed by atoms with Crippen LogP contribution in [0.3, 0.4) is 0 Å². The second kappa shape index (κ2) is 11.2. The van der Waals surface area contributed by atoms with E-state index in [1.54, 1.807) is 27.7 Å². The number of benzene rings is 1. The van der Waals surface area contributed by atoms with Crippen molar-refractivity contribution in [1.29, 1.82) is 5.26 Å². The molecule has 0 aliphatic rings. The van der Waals surface area contributed by atoms with Crippen LogP contribution < -0.4 is 15.8 Å². The molecule has 1 unspecified atom stereocenters. The molecule has 0 fully saturated rings. The molecule has 0 heterocycles. The fourth-order valence-corrected chi connectivity index (χ4v) is 2.61. The fraction of sp³-hybridized carbons (Fsp3) is 0.500. The first-order chi connectivity index (χ1) is 14.0. The summed E-state index contributed by atoms with van der Waals surface area (Å²) >= 11 is 0. The van der Waals surface area contributed by atoms with Gasteiger partial charge in [-0.15, -0.1) is 0 Å². The van der Waals surface area contributed by atoms with Crippen LogP contribution in [0.5, 0.6) is 5.75 Å². The van der Waals surface area contributed by atoms with E-state index in [4.69, 9.17) is 15.2 Å². The summed E-state index contributed by atoms with van der Waals surface area (Å²) in [5.41, 5.74) is 6.43. The average Bonchev–Trinajstić information content (AvgIpc) is 2.65. The molecule has 0 saturated carbocycles. The maximum absolute atomic E-state index is 12.7. The molecule has 164 valence electrons. The van der Waals surface area contributed by atoms with Crippen molar-refractivity contribution in [3.8, 4) is 11.8 Å². The largest absolute Gasteiger partial charge is 0.494 e. The Kier molecular flexibility index (Phi) is 9.34. The number of nitrogens with one attached hydrogen (secondary N) is 1. The number of hydrogen-bond donors (Lipinski definition) is 2. The van der Waals surface area contributed by atoms with Gasteiger partial charge in [0, 0.05) is 24.9 Å². The molecule has 0 aliphatic heterocycles. The van der Waals surface area contributed by atoms with Gasteiger partial charge in [-0.1, -0.05) is 17.7 Å². The summed E-state index contributed by atoms with van der Waals surface area (Å²) in [6, 6.07) is 7.13. The molecule has 3 N–H and O–H groups in total. The highest BCUT2D eigenvalue weighted by molar-refractivity contribution is 5.97. The highest BCUT2D eigenvalue weighted by Crippen LogP contribution is 2.26. The molecule has 0 saturated heterocycles. The number of aryl methyl sites for hydroxylation is 1. The molecule has 1 aromatic rings. The molecule has 0 bridgehead atoms. The molecule has 30 heavy (non-hydrogen) atoms. The predicted molar refractivity (Wildman–Crippen MR) is 115 cm³/mol. The quantitative estimate of drug-likeness (QED) is 0.496. The van der Waals surface area contributed by atoms with Crippen LogP contribution in [-0.4, -0.2) is 42.2 Å². The molecular weight excluding hydrogens is 384 g/mol. The Morgan fingerprint density at radius 2 is 2.03 bits per heavy atom. The zero-order valence-electron chi connectivity index (χ0n) is 18.6. The van der Waals surface area contributed by atoms with Gasteiger partial charge < -0.3 is 20.5 Å². The van der Waals surface area contributed by atoms with Crippen LogP contribution in [0.1, 0.15) is 51.8 Å². The van der Waals surface area contributed by atoms with Gasteiger partial charge in [0.05, 0.1) is 12.6 Å². The van der Waals surface area contributed by atoms with Gasteiger partial charge in [-0.25, -0.2) is 4.79 Å². The van der Waals surface area contributed by atoms with Crippen LogP contribution in [-0.2, 0) is 9.53 Å². The first-order valence-electron chi connectivity index (χ1n) is 9.88. The van der Waals surface area contributed by atoms with E-state index in [-0.39, 0.29) is 18.7 Å². The van der Waals surface area contributed by atoms with E-state index in [2.05, 4.69) is 5.32 Å². The highest BCUT2D eigenvalue weighted by Gasteiger charge is 2.23. The lowest BCUT2D eigenvalue weighted by Crippen LogP contribution is -2.37. The number of amides is 2. The zero-order chi connectivity index (χ0) is 22.9. The van der Waals surface area contributed by atoms with Crippen molar-refractivity contribution in [1.82, 2.24) is 10.2 Å². The molecule has 2 amide bonds. The van der Waals surface area contributed by atoms with Crippen molar-refractivity contribution in [2.24, 2.45) is 5.73 Å². The van der Waals surface area contributed by atoms with Gasteiger partial charge in [-0.3, -0.25) is 9.69 Å². The van der Waals surface area contributed by atoms with Gasteiger partial charge in [-0.05, 0) is 47.6 Å². The summed E-state index contributed by atoms with van der Waals surface area (Å²) in [5.74, 6) is 0.0523. The maximum Gasteiger partial charge on any atom is 0.414 e. The lowest BCUT2D eigenvalue weighted by atomic mass is 10.0. The normalized spacial score (nSPS) is 12.5. The lowest BCUT2D eigenvalue weighted by Gasteiger charge is -2.25. The summed E-state index contributed by atoms with van der Waals surface area (Å²) in [7, 11) is 0. The average molecular weight is 417 g/mol. The third-order valence-corrected chi connectivity index (χ3v) is 3.93. The molecule has 1 atom stereocenters. The number of hydrogen-bond acceptors (Lipinski definition) is 6. The summed E-state index contributed by atoms with van der Waals surface area (Å²) in [6.45, 7) is 11.6. The summed E-state index contributed by atoms with van der Waals surface area (Å²) in [6.07, 6.45) is 0.488. The Bertz CT molecular complexity index is 821. The monoisotopic (exact) mass is 416 g/mol. The standard InChI is InChI=1S/C22H32N4O4/c1-7-29-19-9-8-15(2)12-18(19)16(3)25-20(27)17(13-24)14-26(11-10-23)21(28)30-22(4,5)6/h8-9,12,14,16H,7,10-11,23H2,1-6H3,(H,25,27)/b17-14-. The van der Waals surface area contributed by atoms with E-state index in [1.807, 2.05) is 38.1 Å². The Morgan fingerprint density at radius 1 is 1.37 bits per heavy atom. The van der Waals surface area contributed by atoms with Gasteiger partial charge in [0.1, 0.15) is 23.0 Å². The van der Waals surface area contributed by atoms with Crippen molar-refractivity contribution in [2.45, 2.75) is 53.2 Å². The van der Waals surface area contributed by atoms with Crippen LogP contribution in [0.2, 0.25) is 0 Å². The van der Waals surface area contributed by atoms with E-state index < -0.39 is 23.6 Å². The molecule has 1 rings (SSSR count). The predicted octanol–water partition coefficient (Wildman–Crippen LogP) is 3.17. The Hall–Kier alpha value is -3.05.